The molecular weight excluding hydrogens is 503 g/mol. The Morgan fingerprint density at radius 1 is 1.16 bits per heavy atom. The van der Waals surface area contributed by atoms with Crippen molar-refractivity contribution in [2.24, 2.45) is 12.0 Å². The van der Waals surface area contributed by atoms with Gasteiger partial charge in [-0.2, -0.15) is 5.10 Å². The zero-order chi connectivity index (χ0) is 22.1. The number of hydrogen-bond acceptors (Lipinski definition) is 3. The van der Waals surface area contributed by atoms with Crippen LogP contribution in [0.25, 0.3) is 0 Å². The van der Waals surface area contributed by atoms with Crippen molar-refractivity contribution in [1.82, 2.24) is 25.3 Å². The number of amides is 1. The second-order valence-electron chi connectivity index (χ2n) is 7.47. The number of halogens is 1. The molecule has 0 fully saturated rings. The maximum atomic E-state index is 12.2. The summed E-state index contributed by atoms with van der Waals surface area (Å²) >= 11 is 0. The number of hydrogen-bond donors (Lipinski definition) is 2. The molecule has 2 N–H and O–H groups in total. The summed E-state index contributed by atoms with van der Waals surface area (Å²) < 4.78 is 1.98. The van der Waals surface area contributed by atoms with E-state index in [1.54, 1.807) is 19.0 Å². The number of carbonyl (C=O) groups excluding carboxylic acids is 1. The number of carbonyl (C=O) groups is 1. The van der Waals surface area contributed by atoms with Gasteiger partial charge in [-0.25, -0.2) is 4.99 Å². The van der Waals surface area contributed by atoms with Crippen LogP contribution in [0.4, 0.5) is 0 Å². The van der Waals surface area contributed by atoms with Gasteiger partial charge in [0.25, 0.3) is 5.91 Å². The minimum absolute atomic E-state index is 0. The summed E-state index contributed by atoms with van der Waals surface area (Å²) in [6, 6.07) is 7.81. The van der Waals surface area contributed by atoms with Crippen LogP contribution >= 0.6 is 24.0 Å². The Bertz CT molecular complexity index is 875. The van der Waals surface area contributed by atoms with Crippen LogP contribution < -0.4 is 10.6 Å². The third-order valence-electron chi connectivity index (χ3n) is 5.05. The van der Waals surface area contributed by atoms with E-state index >= 15 is 0 Å². The Balaban J connectivity index is 0.00000480. The summed E-state index contributed by atoms with van der Waals surface area (Å²) in [6.07, 6.45) is 2.66. The highest BCUT2D eigenvalue weighted by Gasteiger charge is 2.13. The van der Waals surface area contributed by atoms with Gasteiger partial charge in [-0.05, 0) is 43.9 Å². The Labute approximate surface area is 203 Å². The van der Waals surface area contributed by atoms with Crippen molar-refractivity contribution in [3.05, 3.63) is 52.3 Å². The molecule has 0 saturated carbocycles. The number of aryl methyl sites for hydroxylation is 2. The Kier molecular flexibility index (Phi) is 11.6. The lowest BCUT2D eigenvalue weighted by molar-refractivity contribution is 0.0827. The molecule has 1 aromatic heterocycles. The molecule has 0 aliphatic carbocycles. The summed E-state index contributed by atoms with van der Waals surface area (Å²) in [5.41, 5.74) is 5.44. The predicted molar refractivity (Wildman–Crippen MR) is 138 cm³/mol. The maximum absolute atomic E-state index is 12.2. The maximum Gasteiger partial charge on any atom is 0.253 e. The standard InChI is InChI=1S/C23H36N6O.HI/c1-7-20-19(21(8-2)29(6)27-20)16-26-23(24-9-3)25-14-13-17-11-10-12-18(15-17)22(30)28(4)5;/h10-12,15H,7-9,13-14,16H2,1-6H3,(H2,24,25,26);1H. The molecule has 0 radical (unpaired) electrons. The number of guanidine groups is 1. The van der Waals surface area contributed by atoms with E-state index in [1.807, 2.05) is 29.9 Å². The molecule has 2 rings (SSSR count). The Morgan fingerprint density at radius 2 is 1.90 bits per heavy atom. The van der Waals surface area contributed by atoms with Crippen molar-refractivity contribution in [3.8, 4) is 0 Å². The van der Waals surface area contributed by atoms with E-state index in [4.69, 9.17) is 4.99 Å². The van der Waals surface area contributed by atoms with Gasteiger partial charge < -0.3 is 15.5 Å². The molecule has 7 nitrogen and oxygen atoms in total. The molecule has 0 saturated heterocycles. The Hall–Kier alpha value is -2.10. The first-order chi connectivity index (χ1) is 14.4. The van der Waals surface area contributed by atoms with Gasteiger partial charge in [-0.1, -0.05) is 26.0 Å². The lowest BCUT2D eigenvalue weighted by Gasteiger charge is -2.13. The van der Waals surface area contributed by atoms with Gasteiger partial charge in [-0.3, -0.25) is 9.48 Å². The zero-order valence-corrected chi connectivity index (χ0v) is 22.0. The first-order valence-corrected chi connectivity index (χ1v) is 10.8. The lowest BCUT2D eigenvalue weighted by atomic mass is 10.1. The van der Waals surface area contributed by atoms with Crippen LogP contribution in [0, 0.1) is 0 Å². The summed E-state index contributed by atoms with van der Waals surface area (Å²) in [6.45, 7) is 8.50. The molecule has 172 valence electrons. The molecule has 0 atom stereocenters. The summed E-state index contributed by atoms with van der Waals surface area (Å²) in [7, 11) is 5.54. The third kappa shape index (κ3) is 7.52. The second-order valence-corrected chi connectivity index (χ2v) is 7.47. The van der Waals surface area contributed by atoms with Crippen molar-refractivity contribution in [2.45, 2.75) is 46.6 Å². The van der Waals surface area contributed by atoms with E-state index in [0.717, 1.165) is 49.6 Å². The number of rotatable bonds is 9. The van der Waals surface area contributed by atoms with E-state index in [2.05, 4.69) is 42.6 Å². The first-order valence-electron chi connectivity index (χ1n) is 10.8. The van der Waals surface area contributed by atoms with Crippen LogP contribution in [0.15, 0.2) is 29.3 Å². The molecule has 2 aromatic rings. The van der Waals surface area contributed by atoms with E-state index < -0.39 is 0 Å². The summed E-state index contributed by atoms with van der Waals surface area (Å²) in [5, 5.41) is 11.4. The largest absolute Gasteiger partial charge is 0.357 e. The van der Waals surface area contributed by atoms with Crippen LogP contribution in [0.2, 0.25) is 0 Å². The van der Waals surface area contributed by atoms with E-state index in [0.29, 0.717) is 12.1 Å². The highest BCUT2D eigenvalue weighted by Crippen LogP contribution is 2.16. The smallest absolute Gasteiger partial charge is 0.253 e. The molecule has 1 aromatic carbocycles. The molecule has 0 aliphatic heterocycles. The van der Waals surface area contributed by atoms with Crippen LogP contribution in [0.1, 0.15) is 53.6 Å². The van der Waals surface area contributed by atoms with Gasteiger partial charge in [0.1, 0.15) is 0 Å². The van der Waals surface area contributed by atoms with Gasteiger partial charge in [0.2, 0.25) is 0 Å². The molecule has 0 bridgehead atoms. The third-order valence-corrected chi connectivity index (χ3v) is 5.05. The number of nitrogens with one attached hydrogen (secondary N) is 2. The fourth-order valence-electron chi connectivity index (χ4n) is 3.52. The Morgan fingerprint density at radius 3 is 2.52 bits per heavy atom. The number of benzene rings is 1. The average Bonchev–Trinajstić information content (AvgIpc) is 3.05. The molecule has 0 spiro atoms. The van der Waals surface area contributed by atoms with Crippen molar-refractivity contribution in [3.63, 3.8) is 0 Å². The van der Waals surface area contributed by atoms with Crippen molar-refractivity contribution in [1.29, 1.82) is 0 Å². The van der Waals surface area contributed by atoms with E-state index in [9.17, 15) is 4.79 Å². The van der Waals surface area contributed by atoms with E-state index in [1.165, 1.54) is 11.3 Å². The lowest BCUT2D eigenvalue weighted by Crippen LogP contribution is -2.38. The van der Waals surface area contributed by atoms with Crippen LogP contribution in [0.5, 0.6) is 0 Å². The van der Waals surface area contributed by atoms with Gasteiger partial charge in [0.15, 0.2) is 5.96 Å². The van der Waals surface area contributed by atoms with E-state index in [-0.39, 0.29) is 29.9 Å². The quantitative estimate of drug-likeness (QED) is 0.291. The fourth-order valence-corrected chi connectivity index (χ4v) is 3.52. The SMILES string of the molecule is CCNC(=NCc1c(CC)nn(C)c1CC)NCCc1cccc(C(=O)N(C)C)c1.I. The minimum atomic E-state index is 0. The van der Waals surface area contributed by atoms with Crippen molar-refractivity contribution >= 4 is 35.8 Å². The molecule has 1 heterocycles. The highest BCUT2D eigenvalue weighted by atomic mass is 127. The number of aromatic nitrogens is 2. The van der Waals surface area contributed by atoms with Crippen LogP contribution in [0.3, 0.4) is 0 Å². The van der Waals surface area contributed by atoms with Gasteiger partial charge >= 0.3 is 0 Å². The molecular formula is C23H37IN6O. The summed E-state index contributed by atoms with van der Waals surface area (Å²) in [4.78, 5) is 18.6. The second kappa shape index (κ2) is 13.3. The number of aliphatic imine (C=N–C) groups is 1. The van der Waals surface area contributed by atoms with Crippen LogP contribution in [-0.4, -0.2) is 53.7 Å². The molecule has 0 unspecified atom stereocenters. The monoisotopic (exact) mass is 540 g/mol. The van der Waals surface area contributed by atoms with Crippen molar-refractivity contribution < 1.29 is 4.79 Å². The van der Waals surface area contributed by atoms with Crippen molar-refractivity contribution in [2.75, 3.05) is 27.2 Å². The molecule has 0 aliphatic rings. The predicted octanol–water partition coefficient (Wildman–Crippen LogP) is 3.16. The topological polar surface area (TPSA) is 74.5 Å². The highest BCUT2D eigenvalue weighted by molar-refractivity contribution is 14.0. The van der Waals surface area contributed by atoms with Crippen LogP contribution in [-0.2, 0) is 32.9 Å². The average molecular weight is 540 g/mol. The summed E-state index contributed by atoms with van der Waals surface area (Å²) in [5.74, 6) is 0.820. The zero-order valence-electron chi connectivity index (χ0n) is 19.7. The number of nitrogens with zero attached hydrogens (tertiary/aromatic N) is 4. The normalized spacial score (nSPS) is 11.1. The minimum Gasteiger partial charge on any atom is -0.357 e. The van der Waals surface area contributed by atoms with Gasteiger partial charge in [-0.15, -0.1) is 24.0 Å². The van der Waals surface area contributed by atoms with Gasteiger partial charge in [0, 0.05) is 51.1 Å². The first kappa shape index (κ1) is 26.9. The molecule has 1 amide bonds. The fraction of sp³-hybridized carbons (Fsp3) is 0.522. The molecule has 31 heavy (non-hydrogen) atoms. The van der Waals surface area contributed by atoms with Gasteiger partial charge in [0.05, 0.1) is 12.2 Å². The molecule has 8 heteroatoms.